The number of likely N-dealkylation sites (tertiary alicyclic amines) is 1. The molecule has 0 bridgehead atoms. The van der Waals surface area contributed by atoms with Gasteiger partial charge in [-0.25, -0.2) is 0 Å². The number of amides is 1. The minimum atomic E-state index is -0.415. The number of rotatable bonds is 16. The van der Waals surface area contributed by atoms with Crippen molar-refractivity contribution < 1.29 is 9.90 Å². The maximum absolute atomic E-state index is 12.3. The second kappa shape index (κ2) is 15.4. The molecular weight excluding hydrogens is 324 g/mol. The smallest absolute Gasteiger partial charge is 0.220 e. The van der Waals surface area contributed by atoms with E-state index in [0.717, 1.165) is 45.3 Å². The number of hydrogen-bond donors (Lipinski definition) is 2. The molecule has 2 N–H and O–H groups in total. The highest BCUT2D eigenvalue weighted by Gasteiger charge is 2.25. The highest BCUT2D eigenvalue weighted by atomic mass is 16.3. The van der Waals surface area contributed by atoms with E-state index >= 15 is 0 Å². The van der Waals surface area contributed by atoms with Gasteiger partial charge < -0.3 is 15.3 Å². The molecule has 0 saturated carbocycles. The highest BCUT2D eigenvalue weighted by molar-refractivity contribution is 5.76. The Morgan fingerprint density at radius 1 is 0.923 bits per heavy atom. The van der Waals surface area contributed by atoms with E-state index < -0.39 is 6.10 Å². The number of nitrogens with zero attached hydrogens (tertiary/aromatic N) is 1. The Hall–Kier alpha value is -0.610. The number of carbonyl (C=O) groups excluding carboxylic acids is 1. The largest absolute Gasteiger partial charge is 0.391 e. The Morgan fingerprint density at radius 3 is 2.12 bits per heavy atom. The van der Waals surface area contributed by atoms with E-state index in [-0.39, 0.29) is 11.9 Å². The minimum Gasteiger partial charge on any atom is -0.391 e. The molecule has 0 aromatic heterocycles. The molecule has 1 rings (SSSR count). The zero-order valence-corrected chi connectivity index (χ0v) is 17.5. The quantitative estimate of drug-likeness (QED) is 0.390. The zero-order chi connectivity index (χ0) is 19.0. The van der Waals surface area contributed by atoms with Gasteiger partial charge in [-0.15, -0.1) is 0 Å². The zero-order valence-electron chi connectivity index (χ0n) is 17.5. The van der Waals surface area contributed by atoms with Gasteiger partial charge in [-0.05, 0) is 38.8 Å². The summed E-state index contributed by atoms with van der Waals surface area (Å²) in [4.78, 5) is 14.7. The third-order valence-corrected chi connectivity index (χ3v) is 5.58. The molecule has 1 aliphatic heterocycles. The molecule has 4 heteroatoms. The average molecular weight is 369 g/mol. The van der Waals surface area contributed by atoms with Crippen LogP contribution in [0.5, 0.6) is 0 Å². The van der Waals surface area contributed by atoms with E-state index in [0.29, 0.717) is 6.42 Å². The maximum Gasteiger partial charge on any atom is 0.220 e. The lowest BCUT2D eigenvalue weighted by molar-refractivity contribution is -0.123. The van der Waals surface area contributed by atoms with Gasteiger partial charge in [-0.3, -0.25) is 4.79 Å². The van der Waals surface area contributed by atoms with Gasteiger partial charge in [0.2, 0.25) is 5.91 Å². The van der Waals surface area contributed by atoms with Crippen LogP contribution in [0.4, 0.5) is 0 Å². The van der Waals surface area contributed by atoms with Gasteiger partial charge in [0, 0.05) is 13.0 Å². The van der Waals surface area contributed by atoms with Crippen LogP contribution in [0, 0.1) is 0 Å². The lowest BCUT2D eigenvalue weighted by Gasteiger charge is -2.28. The van der Waals surface area contributed by atoms with Crippen LogP contribution in [-0.2, 0) is 4.79 Å². The molecule has 0 aromatic rings. The van der Waals surface area contributed by atoms with Crippen molar-refractivity contribution in [3.8, 4) is 0 Å². The van der Waals surface area contributed by atoms with Crippen LogP contribution >= 0.6 is 0 Å². The second-order valence-corrected chi connectivity index (χ2v) is 8.12. The van der Waals surface area contributed by atoms with Crippen molar-refractivity contribution in [2.45, 2.75) is 116 Å². The maximum atomic E-state index is 12.3. The van der Waals surface area contributed by atoms with E-state index in [4.69, 9.17) is 0 Å². The number of carbonyl (C=O) groups is 1. The van der Waals surface area contributed by atoms with Crippen LogP contribution in [0.15, 0.2) is 0 Å². The van der Waals surface area contributed by atoms with Crippen molar-refractivity contribution in [2.24, 2.45) is 0 Å². The molecule has 1 amide bonds. The van der Waals surface area contributed by atoms with Gasteiger partial charge in [0.15, 0.2) is 0 Å². The lowest BCUT2D eigenvalue weighted by Crippen LogP contribution is -2.50. The monoisotopic (exact) mass is 368 g/mol. The summed E-state index contributed by atoms with van der Waals surface area (Å²) in [6.07, 6.45) is 15.3. The Balaban J connectivity index is 2.35. The summed E-state index contributed by atoms with van der Waals surface area (Å²) in [5.41, 5.74) is 0. The first kappa shape index (κ1) is 23.4. The number of nitrogens with one attached hydrogen (secondary N) is 1. The SMILES string of the molecule is CCCCCCCC(=O)N[C@H](CN1CCCC1)C(O)CCCCCCC. The van der Waals surface area contributed by atoms with Gasteiger partial charge >= 0.3 is 0 Å². The summed E-state index contributed by atoms with van der Waals surface area (Å²) < 4.78 is 0. The summed E-state index contributed by atoms with van der Waals surface area (Å²) >= 11 is 0. The predicted octanol–water partition coefficient (Wildman–Crippen LogP) is 4.65. The Morgan fingerprint density at radius 2 is 1.50 bits per heavy atom. The van der Waals surface area contributed by atoms with E-state index in [1.165, 1.54) is 57.8 Å². The van der Waals surface area contributed by atoms with Crippen LogP contribution in [0.25, 0.3) is 0 Å². The second-order valence-electron chi connectivity index (χ2n) is 8.12. The van der Waals surface area contributed by atoms with Crippen molar-refractivity contribution in [3.05, 3.63) is 0 Å². The molecule has 26 heavy (non-hydrogen) atoms. The molecule has 0 aliphatic carbocycles. The molecule has 1 unspecified atom stereocenters. The molecule has 1 aliphatic rings. The van der Waals surface area contributed by atoms with Crippen molar-refractivity contribution in [1.29, 1.82) is 0 Å². The van der Waals surface area contributed by atoms with Gasteiger partial charge in [0.05, 0.1) is 12.1 Å². The van der Waals surface area contributed by atoms with Crippen LogP contribution in [0.2, 0.25) is 0 Å². The fourth-order valence-corrected chi connectivity index (χ4v) is 3.83. The molecule has 4 nitrogen and oxygen atoms in total. The Labute approximate surface area is 162 Å². The standard InChI is InChI=1S/C22H44N2O2/c1-3-5-7-9-11-15-21(25)20(19-24-17-13-14-18-24)23-22(26)16-12-10-8-6-4-2/h20-21,25H,3-19H2,1-2H3,(H,23,26)/t20-,21?/m1/s1. The lowest BCUT2D eigenvalue weighted by atomic mass is 10.0. The molecule has 154 valence electrons. The normalized spacial score (nSPS) is 17.3. The molecule has 2 atom stereocenters. The van der Waals surface area contributed by atoms with Gasteiger partial charge in [-0.2, -0.15) is 0 Å². The summed E-state index contributed by atoms with van der Waals surface area (Å²) in [5.74, 6) is 0.121. The van der Waals surface area contributed by atoms with Crippen LogP contribution < -0.4 is 5.32 Å². The Kier molecular flexibility index (Phi) is 13.9. The van der Waals surface area contributed by atoms with Gasteiger partial charge in [0.1, 0.15) is 0 Å². The topological polar surface area (TPSA) is 52.6 Å². The van der Waals surface area contributed by atoms with Crippen molar-refractivity contribution in [3.63, 3.8) is 0 Å². The number of unbranched alkanes of at least 4 members (excludes halogenated alkanes) is 8. The molecule has 0 radical (unpaired) electrons. The first-order chi connectivity index (χ1) is 12.7. The molecular formula is C22H44N2O2. The van der Waals surface area contributed by atoms with Crippen LogP contribution in [0.1, 0.15) is 104 Å². The molecule has 0 aromatic carbocycles. The fraction of sp³-hybridized carbons (Fsp3) is 0.955. The average Bonchev–Trinajstić information content (AvgIpc) is 3.14. The number of aliphatic hydroxyl groups excluding tert-OH is 1. The van der Waals surface area contributed by atoms with Crippen molar-refractivity contribution >= 4 is 5.91 Å². The van der Waals surface area contributed by atoms with E-state index in [1.807, 2.05) is 0 Å². The van der Waals surface area contributed by atoms with E-state index in [1.54, 1.807) is 0 Å². The number of aliphatic hydroxyl groups is 1. The van der Waals surface area contributed by atoms with Crippen molar-refractivity contribution in [2.75, 3.05) is 19.6 Å². The van der Waals surface area contributed by atoms with E-state index in [9.17, 15) is 9.90 Å². The molecule has 1 fully saturated rings. The first-order valence-electron chi connectivity index (χ1n) is 11.4. The van der Waals surface area contributed by atoms with Gasteiger partial charge in [0.25, 0.3) is 0 Å². The predicted molar refractivity (Wildman–Crippen MR) is 110 cm³/mol. The van der Waals surface area contributed by atoms with Crippen LogP contribution in [0.3, 0.4) is 0 Å². The third kappa shape index (κ3) is 11.2. The Bertz CT molecular complexity index is 343. The van der Waals surface area contributed by atoms with Crippen LogP contribution in [-0.4, -0.2) is 47.7 Å². The fourth-order valence-electron chi connectivity index (χ4n) is 3.83. The summed E-state index contributed by atoms with van der Waals surface area (Å²) in [5, 5.41) is 13.8. The molecule has 0 spiro atoms. The summed E-state index contributed by atoms with van der Waals surface area (Å²) in [7, 11) is 0. The molecule has 1 heterocycles. The van der Waals surface area contributed by atoms with Gasteiger partial charge in [-0.1, -0.05) is 71.6 Å². The first-order valence-corrected chi connectivity index (χ1v) is 11.4. The third-order valence-electron chi connectivity index (χ3n) is 5.58. The minimum absolute atomic E-state index is 0.109. The molecule has 1 saturated heterocycles. The number of hydrogen-bond acceptors (Lipinski definition) is 3. The summed E-state index contributed by atoms with van der Waals surface area (Å²) in [6, 6.07) is -0.109. The van der Waals surface area contributed by atoms with E-state index in [2.05, 4.69) is 24.1 Å². The highest BCUT2D eigenvalue weighted by Crippen LogP contribution is 2.14. The summed E-state index contributed by atoms with van der Waals surface area (Å²) in [6.45, 7) is 7.44. The van der Waals surface area contributed by atoms with Crippen molar-refractivity contribution in [1.82, 2.24) is 10.2 Å².